The maximum absolute atomic E-state index is 10.8. The van der Waals surface area contributed by atoms with E-state index in [0.29, 0.717) is 23.3 Å². The van der Waals surface area contributed by atoms with Gasteiger partial charge in [-0.15, -0.1) is 0 Å². The first-order valence-electron chi connectivity index (χ1n) is 19.1. The first kappa shape index (κ1) is 36.8. The number of aromatic nitrogens is 6. The number of phenolic OH excluding ortho intramolecular Hbond substituents is 2. The number of hydrogen-bond acceptors (Lipinski definition) is 7. The standard InChI is InChI=1S/C44H43N11O2/c1-32-11-12-33-14-17-39(56)41(37(33)29-32)46-48-43-50(2)23-27-54(43)21-7-19-52-25-26-53(31-52)20-8-22-55-28-24-51(3)44(55)49-47-42-38-30-36(45-35-9-5-4-6-10-35)16-13-34(38)15-18-40(42)57/h4-6,9-18,23-31H,7-8,19-22H2,1-3H3/p+3. The number of anilines is 2. The van der Waals surface area contributed by atoms with Crippen LogP contribution in [0.15, 0.2) is 155 Å². The Morgan fingerprint density at radius 2 is 1.19 bits per heavy atom. The lowest BCUT2D eigenvalue weighted by atomic mass is 10.1. The fourth-order valence-electron chi connectivity index (χ4n) is 7.05. The van der Waals surface area contributed by atoms with Crippen molar-refractivity contribution in [2.45, 2.75) is 45.9 Å². The predicted octanol–water partition coefficient (Wildman–Crippen LogP) is 8.81. The molecule has 0 saturated heterocycles. The number of phenols is 2. The van der Waals surface area contributed by atoms with E-state index in [-0.39, 0.29) is 11.5 Å². The van der Waals surface area contributed by atoms with Crippen molar-refractivity contribution in [1.29, 1.82) is 0 Å². The number of nitrogens with zero attached hydrogens (tertiary/aromatic N) is 10. The lowest BCUT2D eigenvalue weighted by Crippen LogP contribution is -2.32. The van der Waals surface area contributed by atoms with Gasteiger partial charge in [-0.05, 0) is 60.2 Å². The van der Waals surface area contributed by atoms with Gasteiger partial charge in [0.25, 0.3) is 0 Å². The van der Waals surface area contributed by atoms with Crippen molar-refractivity contribution in [3.05, 3.63) is 140 Å². The molecule has 0 radical (unpaired) electrons. The Morgan fingerprint density at radius 1 is 0.596 bits per heavy atom. The number of benzene rings is 5. The van der Waals surface area contributed by atoms with Crippen LogP contribution in [0.1, 0.15) is 18.4 Å². The zero-order valence-electron chi connectivity index (χ0n) is 32.3. The second-order valence-corrected chi connectivity index (χ2v) is 14.3. The Bertz CT molecular complexity index is 2740. The maximum Gasteiger partial charge on any atom is 0.421 e. The largest absolute Gasteiger partial charge is 0.506 e. The first-order chi connectivity index (χ1) is 27.8. The fraction of sp³-hybridized carbons (Fsp3) is 0.205. The van der Waals surface area contributed by atoms with E-state index in [1.54, 1.807) is 12.1 Å². The van der Waals surface area contributed by atoms with Gasteiger partial charge in [-0.1, -0.05) is 64.3 Å². The van der Waals surface area contributed by atoms with Gasteiger partial charge in [0.15, 0.2) is 11.4 Å². The summed E-state index contributed by atoms with van der Waals surface area (Å²) in [6, 6.07) is 29.2. The van der Waals surface area contributed by atoms with E-state index in [9.17, 15) is 10.2 Å². The van der Waals surface area contributed by atoms with Gasteiger partial charge < -0.3 is 15.5 Å². The van der Waals surface area contributed by atoms with Crippen molar-refractivity contribution in [3.8, 4) is 11.5 Å². The number of fused-ring (bicyclic) bond motifs is 2. The minimum Gasteiger partial charge on any atom is -0.506 e. The molecule has 13 heteroatoms. The molecular weight excluding hydrogens is 715 g/mol. The third-order valence-electron chi connectivity index (χ3n) is 10.1. The third-order valence-corrected chi connectivity index (χ3v) is 10.1. The molecule has 0 unspecified atom stereocenters. The first-order valence-corrected chi connectivity index (χ1v) is 19.1. The number of aromatic hydroxyl groups is 2. The number of imidazole rings is 3. The molecule has 0 saturated carbocycles. The van der Waals surface area contributed by atoms with Crippen LogP contribution in [0.25, 0.3) is 21.5 Å². The number of hydrogen-bond donors (Lipinski definition) is 3. The molecule has 57 heavy (non-hydrogen) atoms. The van der Waals surface area contributed by atoms with Crippen molar-refractivity contribution in [2.24, 2.45) is 34.6 Å². The van der Waals surface area contributed by atoms with Crippen molar-refractivity contribution >= 4 is 56.2 Å². The highest BCUT2D eigenvalue weighted by atomic mass is 16.3. The summed E-state index contributed by atoms with van der Waals surface area (Å²) in [6.45, 7) is 5.22. The SMILES string of the molecule is Cc1ccc2ccc(O)c(N=Nc3n(CCCn4cc[n+](CCCn5cc[n+](C)c5N=Nc5c(O)ccc6ccc(Nc7ccccc7)cc56)c4)cc[n+]3C)c2c1. The summed E-state index contributed by atoms with van der Waals surface area (Å²) in [6.07, 6.45) is 16.1. The van der Waals surface area contributed by atoms with Gasteiger partial charge in [0.05, 0.1) is 65.1 Å². The molecule has 3 heterocycles. The number of aryl methyl sites for hydroxylation is 7. The average Bonchev–Trinajstić information content (AvgIpc) is 3.92. The van der Waals surface area contributed by atoms with E-state index in [1.165, 1.54) is 0 Å². The van der Waals surface area contributed by atoms with Crippen LogP contribution in [-0.4, -0.2) is 23.9 Å². The quantitative estimate of drug-likeness (QED) is 0.0757. The highest BCUT2D eigenvalue weighted by Crippen LogP contribution is 2.38. The normalized spacial score (nSPS) is 11.8. The van der Waals surface area contributed by atoms with E-state index in [1.807, 2.05) is 134 Å². The Balaban J connectivity index is 0.875. The fourth-order valence-corrected chi connectivity index (χ4v) is 7.05. The molecule has 0 aliphatic heterocycles. The van der Waals surface area contributed by atoms with Gasteiger partial charge >= 0.3 is 11.9 Å². The highest BCUT2D eigenvalue weighted by Gasteiger charge is 2.19. The Hall–Kier alpha value is -7.15. The molecule has 0 aliphatic rings. The van der Waals surface area contributed by atoms with Crippen LogP contribution in [0.5, 0.6) is 11.5 Å². The summed E-state index contributed by atoms with van der Waals surface area (Å²) >= 11 is 0. The van der Waals surface area contributed by atoms with E-state index in [0.717, 1.165) is 77.5 Å². The number of rotatable bonds is 14. The molecule has 0 amide bonds. The molecule has 0 aliphatic carbocycles. The van der Waals surface area contributed by atoms with Crippen LogP contribution in [0.2, 0.25) is 0 Å². The average molecular weight is 761 g/mol. The van der Waals surface area contributed by atoms with E-state index < -0.39 is 0 Å². The second kappa shape index (κ2) is 16.3. The molecule has 0 fully saturated rings. The third kappa shape index (κ3) is 8.27. The smallest absolute Gasteiger partial charge is 0.421 e. The summed E-state index contributed by atoms with van der Waals surface area (Å²) < 4.78 is 12.4. The zero-order chi connectivity index (χ0) is 39.3. The molecule has 5 aromatic carbocycles. The van der Waals surface area contributed by atoms with E-state index in [4.69, 9.17) is 0 Å². The lowest BCUT2D eigenvalue weighted by Gasteiger charge is -2.09. The van der Waals surface area contributed by atoms with Gasteiger partial charge in [0.2, 0.25) is 6.33 Å². The van der Waals surface area contributed by atoms with Crippen LogP contribution in [-0.2, 0) is 40.3 Å². The summed E-state index contributed by atoms with van der Waals surface area (Å²) in [5, 5.41) is 46.8. The van der Waals surface area contributed by atoms with Crippen molar-refractivity contribution < 1.29 is 23.9 Å². The van der Waals surface area contributed by atoms with Crippen LogP contribution in [0.4, 0.5) is 34.6 Å². The van der Waals surface area contributed by atoms with Gasteiger partial charge in [-0.2, -0.15) is 0 Å². The van der Waals surface area contributed by atoms with Crippen LogP contribution in [0, 0.1) is 6.92 Å². The molecule has 13 nitrogen and oxygen atoms in total. The van der Waals surface area contributed by atoms with E-state index in [2.05, 4.69) is 62.8 Å². The zero-order valence-corrected chi connectivity index (χ0v) is 32.3. The van der Waals surface area contributed by atoms with Gasteiger partial charge in [0, 0.05) is 45.2 Å². The summed E-state index contributed by atoms with van der Waals surface area (Å²) in [5.41, 5.74) is 3.87. The highest BCUT2D eigenvalue weighted by molar-refractivity contribution is 5.98. The Labute approximate surface area is 330 Å². The number of nitrogens with one attached hydrogen (secondary N) is 1. The predicted molar refractivity (Wildman–Crippen MR) is 219 cm³/mol. The summed E-state index contributed by atoms with van der Waals surface area (Å²) in [4.78, 5) is 0. The second-order valence-electron chi connectivity index (χ2n) is 14.3. The number of para-hydroxylation sites is 1. The molecule has 8 aromatic rings. The molecule has 0 atom stereocenters. The summed E-state index contributed by atoms with van der Waals surface area (Å²) in [5.74, 6) is 1.58. The molecule has 3 N–H and O–H groups in total. The monoisotopic (exact) mass is 760 g/mol. The number of azo groups is 2. The molecule has 286 valence electrons. The molecule has 8 rings (SSSR count). The molecular formula is C44H46N11O2+3. The molecule has 3 aromatic heterocycles. The van der Waals surface area contributed by atoms with Crippen molar-refractivity contribution in [1.82, 2.24) is 13.7 Å². The van der Waals surface area contributed by atoms with Crippen LogP contribution in [0.3, 0.4) is 0 Å². The minimum atomic E-state index is 0.0752. The molecule has 0 spiro atoms. The molecule has 0 bridgehead atoms. The topological polar surface area (TPSA) is 128 Å². The van der Waals surface area contributed by atoms with E-state index >= 15 is 0 Å². The van der Waals surface area contributed by atoms with Crippen molar-refractivity contribution in [2.75, 3.05) is 5.32 Å². The van der Waals surface area contributed by atoms with Crippen LogP contribution < -0.4 is 19.0 Å². The lowest BCUT2D eigenvalue weighted by molar-refractivity contribution is -0.697. The van der Waals surface area contributed by atoms with Crippen LogP contribution >= 0.6 is 0 Å². The minimum absolute atomic E-state index is 0.0752. The van der Waals surface area contributed by atoms with Gasteiger partial charge in [0.1, 0.15) is 23.9 Å². The Morgan fingerprint density at radius 3 is 1.86 bits per heavy atom. The summed E-state index contributed by atoms with van der Waals surface area (Å²) in [7, 11) is 3.89. The van der Waals surface area contributed by atoms with Crippen molar-refractivity contribution in [3.63, 3.8) is 0 Å². The van der Waals surface area contributed by atoms with Gasteiger partial charge in [-0.25, -0.2) is 27.4 Å². The maximum atomic E-state index is 10.8. The Kier molecular flexibility index (Phi) is 10.5. The van der Waals surface area contributed by atoms with Gasteiger partial charge in [-0.3, -0.25) is 0 Å².